The zero-order chi connectivity index (χ0) is 27.6. The molecule has 7 rings (SSSR count). The number of aliphatic hydroxyl groups is 2. The second-order valence-corrected chi connectivity index (χ2v) is 11.0. The van der Waals surface area contributed by atoms with Gasteiger partial charge in [0.2, 0.25) is 5.60 Å². The van der Waals surface area contributed by atoms with Crippen molar-refractivity contribution >= 4 is 11.8 Å². The fourth-order valence-corrected chi connectivity index (χ4v) is 7.38. The average molecular weight is 533 g/mol. The SMILES string of the molecule is O=C1O[C@@]23C(c4ccccc4)O[C@]2([C@@]1(O)Cc1ccccc1)[C@@](O)(c1ccccc1)C(=O)C[C@@H]3c1ccccc1. The van der Waals surface area contributed by atoms with Crippen molar-refractivity contribution in [2.75, 3.05) is 0 Å². The smallest absolute Gasteiger partial charge is 0.342 e. The molecule has 1 aliphatic carbocycles. The fourth-order valence-electron chi connectivity index (χ4n) is 7.38. The van der Waals surface area contributed by atoms with E-state index in [4.69, 9.17) is 9.47 Å². The first-order valence-electron chi connectivity index (χ1n) is 13.5. The topological polar surface area (TPSA) is 93.1 Å². The first kappa shape index (κ1) is 24.9. The first-order valence-corrected chi connectivity index (χ1v) is 13.5. The largest absolute Gasteiger partial charge is 0.450 e. The number of Topliss-reactive ketones (excluding diaryl/α,β-unsaturated/α-hetero) is 1. The second kappa shape index (κ2) is 8.70. The summed E-state index contributed by atoms with van der Waals surface area (Å²) in [5, 5.41) is 25.4. The zero-order valence-electron chi connectivity index (χ0n) is 21.6. The van der Waals surface area contributed by atoms with Crippen LogP contribution in [0.5, 0.6) is 0 Å². The summed E-state index contributed by atoms with van der Waals surface area (Å²) in [6.07, 6.45) is -1.16. The maximum Gasteiger partial charge on any atom is 0.342 e. The molecule has 3 aliphatic rings. The van der Waals surface area contributed by atoms with E-state index in [0.29, 0.717) is 5.56 Å². The number of ether oxygens (including phenoxy) is 2. The summed E-state index contributed by atoms with van der Waals surface area (Å²) < 4.78 is 13.1. The van der Waals surface area contributed by atoms with Crippen LogP contribution in [-0.2, 0) is 31.1 Å². The number of hydrogen-bond acceptors (Lipinski definition) is 6. The highest BCUT2D eigenvalue weighted by Crippen LogP contribution is 2.76. The molecule has 4 aromatic rings. The summed E-state index contributed by atoms with van der Waals surface area (Å²) >= 11 is 0. The van der Waals surface area contributed by atoms with Crippen LogP contribution in [0, 0.1) is 0 Å². The third-order valence-electron chi connectivity index (χ3n) is 9.03. The summed E-state index contributed by atoms with van der Waals surface area (Å²) in [5.41, 5.74) is -6.12. The van der Waals surface area contributed by atoms with Gasteiger partial charge in [0.1, 0.15) is 6.10 Å². The van der Waals surface area contributed by atoms with Gasteiger partial charge >= 0.3 is 5.97 Å². The molecule has 200 valence electrons. The lowest BCUT2D eigenvalue weighted by atomic mass is 9.45. The van der Waals surface area contributed by atoms with Crippen LogP contribution in [0.15, 0.2) is 121 Å². The van der Waals surface area contributed by atoms with E-state index < -0.39 is 46.2 Å². The maximum atomic E-state index is 14.3. The van der Waals surface area contributed by atoms with Gasteiger partial charge in [-0.05, 0) is 22.3 Å². The second-order valence-electron chi connectivity index (χ2n) is 11.0. The van der Waals surface area contributed by atoms with Crippen molar-refractivity contribution in [1.29, 1.82) is 0 Å². The molecular formula is C34H28O6. The quantitative estimate of drug-likeness (QED) is 0.370. The molecule has 6 nitrogen and oxygen atoms in total. The number of esters is 1. The highest BCUT2D eigenvalue weighted by Gasteiger charge is 2.95. The van der Waals surface area contributed by atoms with E-state index in [1.165, 1.54) is 0 Å². The van der Waals surface area contributed by atoms with Crippen molar-refractivity contribution in [3.05, 3.63) is 144 Å². The van der Waals surface area contributed by atoms with Gasteiger partial charge in [-0.1, -0.05) is 121 Å². The normalized spacial score (nSPS) is 34.4. The lowest BCUT2D eigenvalue weighted by Crippen LogP contribution is -2.88. The lowest BCUT2D eigenvalue weighted by molar-refractivity contribution is -0.418. The Morgan fingerprint density at radius 3 is 1.82 bits per heavy atom. The number of ketones is 1. The monoisotopic (exact) mass is 532 g/mol. The van der Waals surface area contributed by atoms with Crippen LogP contribution in [-0.4, -0.2) is 38.8 Å². The Bertz CT molecular complexity index is 1580. The van der Waals surface area contributed by atoms with Crippen LogP contribution < -0.4 is 0 Å². The summed E-state index contributed by atoms with van der Waals surface area (Å²) in [4.78, 5) is 28.4. The van der Waals surface area contributed by atoms with Gasteiger partial charge in [0, 0.05) is 18.8 Å². The van der Waals surface area contributed by atoms with Gasteiger partial charge in [-0.15, -0.1) is 0 Å². The molecule has 0 spiro atoms. The minimum atomic E-state index is -2.38. The molecule has 2 N–H and O–H groups in total. The Kier molecular flexibility index (Phi) is 5.42. The summed E-state index contributed by atoms with van der Waals surface area (Å²) in [6.45, 7) is 0. The first-order chi connectivity index (χ1) is 19.4. The van der Waals surface area contributed by atoms with Crippen molar-refractivity contribution in [1.82, 2.24) is 0 Å². The van der Waals surface area contributed by atoms with E-state index in [9.17, 15) is 19.8 Å². The summed E-state index contributed by atoms with van der Waals surface area (Å²) in [6, 6.07) is 36.2. The van der Waals surface area contributed by atoms with E-state index in [0.717, 1.165) is 11.1 Å². The molecule has 2 saturated heterocycles. The molecule has 0 radical (unpaired) electrons. The predicted molar refractivity (Wildman–Crippen MR) is 146 cm³/mol. The minimum Gasteiger partial charge on any atom is -0.450 e. The number of hydrogen-bond donors (Lipinski definition) is 2. The Morgan fingerprint density at radius 2 is 1.23 bits per heavy atom. The minimum absolute atomic E-state index is 0.113. The number of carbonyl (C=O) groups excluding carboxylic acids is 2. The molecule has 6 atom stereocenters. The fraction of sp³-hybridized carbons (Fsp3) is 0.235. The molecule has 0 bridgehead atoms. The van der Waals surface area contributed by atoms with Crippen LogP contribution in [0.4, 0.5) is 0 Å². The Labute approximate surface area is 231 Å². The zero-order valence-corrected chi connectivity index (χ0v) is 21.6. The molecule has 0 amide bonds. The Morgan fingerprint density at radius 1 is 0.700 bits per heavy atom. The number of benzene rings is 4. The van der Waals surface area contributed by atoms with Gasteiger partial charge in [0.15, 0.2) is 22.6 Å². The number of rotatable bonds is 5. The highest BCUT2D eigenvalue weighted by molar-refractivity contribution is 5.99. The Hall–Kier alpha value is -4.10. The molecule has 40 heavy (non-hydrogen) atoms. The molecule has 2 aliphatic heterocycles. The summed E-state index contributed by atoms with van der Waals surface area (Å²) in [7, 11) is 0. The highest BCUT2D eigenvalue weighted by atomic mass is 16.7. The van der Waals surface area contributed by atoms with E-state index in [-0.39, 0.29) is 18.4 Å². The van der Waals surface area contributed by atoms with Crippen LogP contribution in [0.25, 0.3) is 0 Å². The van der Waals surface area contributed by atoms with E-state index in [1.807, 2.05) is 66.7 Å². The van der Waals surface area contributed by atoms with Crippen molar-refractivity contribution in [2.45, 2.75) is 47.3 Å². The van der Waals surface area contributed by atoms with E-state index in [2.05, 4.69) is 0 Å². The molecular weight excluding hydrogens is 504 g/mol. The van der Waals surface area contributed by atoms with Gasteiger partial charge in [-0.25, -0.2) is 4.79 Å². The molecule has 6 heteroatoms. The summed E-state index contributed by atoms with van der Waals surface area (Å²) in [5.74, 6) is -2.14. The molecule has 1 unspecified atom stereocenters. The Balaban J connectivity index is 1.54. The van der Waals surface area contributed by atoms with E-state index in [1.54, 1.807) is 54.6 Å². The van der Waals surface area contributed by atoms with Gasteiger partial charge in [-0.3, -0.25) is 4.79 Å². The molecule has 3 fully saturated rings. The van der Waals surface area contributed by atoms with Crippen molar-refractivity contribution < 1.29 is 29.3 Å². The van der Waals surface area contributed by atoms with E-state index >= 15 is 0 Å². The van der Waals surface area contributed by atoms with Gasteiger partial charge in [-0.2, -0.15) is 0 Å². The van der Waals surface area contributed by atoms with Crippen molar-refractivity contribution in [2.24, 2.45) is 0 Å². The molecule has 2 heterocycles. The predicted octanol–water partition coefficient (Wildman–Crippen LogP) is 4.41. The number of carbonyl (C=O) groups is 2. The molecule has 0 aromatic heterocycles. The van der Waals surface area contributed by atoms with Crippen LogP contribution >= 0.6 is 0 Å². The standard InChI is InChI=1S/C34H28O6/c35-28-21-27(24-15-7-2-8-16-24)33-29(25-17-9-3-10-18-25)39-34(33,32(28,38)26-19-11-4-12-20-26)31(37,30(36)40-33)22-23-13-5-1-6-14-23/h1-20,27,29,37-38H,21-22H2/t27-,29?,31-,32-,33+,34-/m1/s1. The molecule has 1 saturated carbocycles. The van der Waals surface area contributed by atoms with Crippen LogP contribution in [0.2, 0.25) is 0 Å². The third kappa shape index (κ3) is 2.93. The van der Waals surface area contributed by atoms with Gasteiger partial charge in [0.05, 0.1) is 0 Å². The van der Waals surface area contributed by atoms with Gasteiger partial charge < -0.3 is 19.7 Å². The van der Waals surface area contributed by atoms with Crippen molar-refractivity contribution in [3.63, 3.8) is 0 Å². The van der Waals surface area contributed by atoms with Gasteiger partial charge in [0.25, 0.3) is 0 Å². The van der Waals surface area contributed by atoms with Crippen LogP contribution in [0.1, 0.15) is 40.7 Å². The average Bonchev–Trinajstić information content (AvgIpc) is 3.14. The maximum absolute atomic E-state index is 14.3. The lowest BCUT2D eigenvalue weighted by Gasteiger charge is -2.69. The molecule has 4 aromatic carbocycles. The third-order valence-corrected chi connectivity index (χ3v) is 9.03. The van der Waals surface area contributed by atoms with Crippen molar-refractivity contribution in [3.8, 4) is 0 Å². The van der Waals surface area contributed by atoms with Crippen LogP contribution in [0.3, 0.4) is 0 Å².